The van der Waals surface area contributed by atoms with Crippen LogP contribution in [0.15, 0.2) is 0 Å². The summed E-state index contributed by atoms with van der Waals surface area (Å²) in [5, 5.41) is 0. The number of hydrogen-bond donors (Lipinski definition) is 0. The van der Waals surface area contributed by atoms with Gasteiger partial charge in [-0.2, -0.15) is 0 Å². The molecule has 0 N–H and O–H groups in total. The molecule has 0 aromatic rings. The average molecular weight is 188 g/mol. The van der Waals surface area contributed by atoms with Gasteiger partial charge >= 0.3 is 0 Å². The Hall–Kier alpha value is -0.0800. The number of hydrogen-bond acceptors (Lipinski definition) is 2. The second-order valence-electron chi connectivity index (χ2n) is 3.44. The predicted molar refractivity (Wildman–Crippen MR) is 56.0 cm³/mol. The van der Waals surface area contributed by atoms with Gasteiger partial charge in [0, 0.05) is 19.8 Å². The van der Waals surface area contributed by atoms with Gasteiger partial charge in [0.2, 0.25) is 0 Å². The van der Waals surface area contributed by atoms with Crippen LogP contribution in [0.1, 0.15) is 40.5 Å². The molecular formula is C11H24O2. The van der Waals surface area contributed by atoms with E-state index in [1.54, 1.807) is 0 Å². The summed E-state index contributed by atoms with van der Waals surface area (Å²) in [7, 11) is 0. The minimum atomic E-state index is 0.373. The molecule has 1 rings (SSSR count). The highest BCUT2D eigenvalue weighted by atomic mass is 16.5. The van der Waals surface area contributed by atoms with Gasteiger partial charge in [-0.1, -0.05) is 13.8 Å². The first-order valence-electron chi connectivity index (χ1n) is 5.48. The van der Waals surface area contributed by atoms with E-state index in [-0.39, 0.29) is 0 Å². The molecule has 2 nitrogen and oxygen atoms in total. The van der Waals surface area contributed by atoms with Crippen LogP contribution in [-0.4, -0.2) is 25.9 Å². The van der Waals surface area contributed by atoms with Crippen molar-refractivity contribution in [3.63, 3.8) is 0 Å². The van der Waals surface area contributed by atoms with Gasteiger partial charge in [-0.05, 0) is 32.6 Å². The van der Waals surface area contributed by atoms with Gasteiger partial charge in [0.1, 0.15) is 0 Å². The second kappa shape index (κ2) is 8.52. The van der Waals surface area contributed by atoms with Crippen molar-refractivity contribution in [2.45, 2.75) is 46.6 Å². The maximum Gasteiger partial charge on any atom is 0.0518 e. The number of ether oxygens (including phenoxy) is 2. The third-order valence-corrected chi connectivity index (χ3v) is 2.00. The summed E-state index contributed by atoms with van der Waals surface area (Å²) in [6.45, 7) is 10.9. The summed E-state index contributed by atoms with van der Waals surface area (Å²) in [4.78, 5) is 0. The standard InChI is InChI=1S/C9H18O2.C2H6/c1-8(2)11-6-4-9-3-5-10-7-9;1-2/h8-9H,3-7H2,1-2H3;1-2H3. The Kier molecular flexibility index (Phi) is 8.46. The summed E-state index contributed by atoms with van der Waals surface area (Å²) in [5.41, 5.74) is 0. The Labute approximate surface area is 82.6 Å². The predicted octanol–water partition coefficient (Wildman–Crippen LogP) is 2.86. The van der Waals surface area contributed by atoms with Crippen LogP contribution in [-0.2, 0) is 9.47 Å². The fourth-order valence-electron chi connectivity index (χ4n) is 1.28. The van der Waals surface area contributed by atoms with Crippen molar-refractivity contribution < 1.29 is 9.47 Å². The van der Waals surface area contributed by atoms with Crippen LogP contribution in [0.5, 0.6) is 0 Å². The first kappa shape index (κ1) is 12.9. The first-order chi connectivity index (χ1) is 6.29. The van der Waals surface area contributed by atoms with E-state index in [9.17, 15) is 0 Å². The molecule has 1 fully saturated rings. The zero-order valence-corrected chi connectivity index (χ0v) is 9.51. The quantitative estimate of drug-likeness (QED) is 0.675. The summed E-state index contributed by atoms with van der Waals surface area (Å²) < 4.78 is 10.7. The molecule has 0 radical (unpaired) electrons. The number of rotatable bonds is 4. The van der Waals surface area contributed by atoms with Crippen LogP contribution in [0.2, 0.25) is 0 Å². The van der Waals surface area contributed by atoms with Crippen molar-refractivity contribution in [1.29, 1.82) is 0 Å². The van der Waals surface area contributed by atoms with Crippen molar-refractivity contribution in [3.8, 4) is 0 Å². The highest BCUT2D eigenvalue weighted by Gasteiger charge is 2.14. The molecule has 2 heteroatoms. The Morgan fingerprint density at radius 3 is 2.54 bits per heavy atom. The second-order valence-corrected chi connectivity index (χ2v) is 3.44. The highest BCUT2D eigenvalue weighted by molar-refractivity contribution is 4.63. The van der Waals surface area contributed by atoms with Gasteiger partial charge in [0.15, 0.2) is 0 Å². The van der Waals surface area contributed by atoms with Crippen molar-refractivity contribution in [1.82, 2.24) is 0 Å². The third-order valence-electron chi connectivity index (χ3n) is 2.00. The minimum absolute atomic E-state index is 0.373. The van der Waals surface area contributed by atoms with Crippen molar-refractivity contribution in [2.24, 2.45) is 5.92 Å². The zero-order valence-electron chi connectivity index (χ0n) is 9.51. The van der Waals surface area contributed by atoms with E-state index < -0.39 is 0 Å². The lowest BCUT2D eigenvalue weighted by Gasteiger charge is -2.09. The van der Waals surface area contributed by atoms with E-state index in [1.165, 1.54) is 6.42 Å². The zero-order chi connectivity index (χ0) is 10.1. The summed E-state index contributed by atoms with van der Waals surface area (Å²) in [6, 6.07) is 0. The van der Waals surface area contributed by atoms with Crippen LogP contribution in [0.4, 0.5) is 0 Å². The van der Waals surface area contributed by atoms with E-state index in [2.05, 4.69) is 13.8 Å². The SMILES string of the molecule is CC.CC(C)OCCC1CCOC1. The van der Waals surface area contributed by atoms with Crippen molar-refractivity contribution >= 4 is 0 Å². The fraction of sp³-hybridized carbons (Fsp3) is 1.00. The molecule has 0 amide bonds. The third kappa shape index (κ3) is 7.03. The Morgan fingerprint density at radius 2 is 2.08 bits per heavy atom. The van der Waals surface area contributed by atoms with Crippen LogP contribution in [0, 0.1) is 5.92 Å². The Bertz CT molecular complexity index is 96.3. The smallest absolute Gasteiger partial charge is 0.0518 e. The molecule has 1 aliphatic rings. The van der Waals surface area contributed by atoms with Crippen LogP contribution >= 0.6 is 0 Å². The van der Waals surface area contributed by atoms with E-state index >= 15 is 0 Å². The maximum atomic E-state index is 5.45. The average Bonchev–Trinajstić information content (AvgIpc) is 2.60. The topological polar surface area (TPSA) is 18.5 Å². The van der Waals surface area contributed by atoms with Crippen molar-refractivity contribution in [3.05, 3.63) is 0 Å². The molecule has 1 heterocycles. The lowest BCUT2D eigenvalue weighted by Crippen LogP contribution is -2.09. The van der Waals surface area contributed by atoms with Gasteiger partial charge in [-0.25, -0.2) is 0 Å². The van der Waals surface area contributed by atoms with Crippen LogP contribution in [0.25, 0.3) is 0 Å². The largest absolute Gasteiger partial charge is 0.381 e. The van der Waals surface area contributed by atoms with Gasteiger partial charge in [0.05, 0.1) is 6.10 Å². The summed E-state index contributed by atoms with van der Waals surface area (Å²) >= 11 is 0. The monoisotopic (exact) mass is 188 g/mol. The Balaban J connectivity index is 0.000000671. The van der Waals surface area contributed by atoms with E-state index in [0.717, 1.165) is 32.2 Å². The highest BCUT2D eigenvalue weighted by Crippen LogP contribution is 2.16. The molecule has 1 unspecified atom stereocenters. The lowest BCUT2D eigenvalue weighted by molar-refractivity contribution is 0.0665. The normalized spacial score (nSPS) is 21.5. The molecule has 0 aromatic carbocycles. The molecule has 0 saturated carbocycles. The first-order valence-corrected chi connectivity index (χ1v) is 5.48. The molecule has 0 aliphatic carbocycles. The fourth-order valence-corrected chi connectivity index (χ4v) is 1.28. The molecule has 13 heavy (non-hydrogen) atoms. The molecule has 80 valence electrons. The minimum Gasteiger partial charge on any atom is -0.381 e. The molecule has 1 atom stereocenters. The molecule has 0 bridgehead atoms. The Morgan fingerprint density at radius 1 is 1.38 bits per heavy atom. The van der Waals surface area contributed by atoms with Crippen LogP contribution < -0.4 is 0 Å². The molecular weight excluding hydrogens is 164 g/mol. The van der Waals surface area contributed by atoms with E-state index in [0.29, 0.717) is 6.10 Å². The molecule has 0 aromatic heterocycles. The van der Waals surface area contributed by atoms with E-state index in [1.807, 2.05) is 13.8 Å². The van der Waals surface area contributed by atoms with Crippen LogP contribution in [0.3, 0.4) is 0 Å². The molecule has 1 aliphatic heterocycles. The summed E-state index contributed by atoms with van der Waals surface area (Å²) in [6.07, 6.45) is 2.76. The van der Waals surface area contributed by atoms with Crippen molar-refractivity contribution in [2.75, 3.05) is 19.8 Å². The molecule has 0 spiro atoms. The summed E-state index contributed by atoms with van der Waals surface area (Å²) in [5.74, 6) is 0.758. The molecule has 1 saturated heterocycles. The van der Waals surface area contributed by atoms with Gasteiger partial charge in [-0.15, -0.1) is 0 Å². The van der Waals surface area contributed by atoms with E-state index in [4.69, 9.17) is 9.47 Å². The van der Waals surface area contributed by atoms with Gasteiger partial charge in [0.25, 0.3) is 0 Å². The van der Waals surface area contributed by atoms with Gasteiger partial charge < -0.3 is 9.47 Å². The lowest BCUT2D eigenvalue weighted by atomic mass is 10.1. The van der Waals surface area contributed by atoms with Gasteiger partial charge in [-0.3, -0.25) is 0 Å². The maximum absolute atomic E-state index is 5.45.